The maximum atomic E-state index is 14.5. The van der Waals surface area contributed by atoms with E-state index in [1.807, 2.05) is 0 Å². The van der Waals surface area contributed by atoms with Gasteiger partial charge >= 0.3 is 6.09 Å². The summed E-state index contributed by atoms with van der Waals surface area (Å²) in [5, 5.41) is 38.1. The van der Waals surface area contributed by atoms with Crippen LogP contribution < -0.4 is 19.5 Å². The van der Waals surface area contributed by atoms with E-state index < -0.39 is 30.3 Å². The molecule has 2 aromatic heterocycles. The van der Waals surface area contributed by atoms with Crippen LogP contribution in [-0.4, -0.2) is 55.2 Å². The molecular weight excluding hydrogens is 711 g/mol. The third-order valence-corrected chi connectivity index (χ3v) is 9.16. The first kappa shape index (κ1) is 34.2. The summed E-state index contributed by atoms with van der Waals surface area (Å²) >= 11 is 13.3. The molecule has 0 bridgehead atoms. The molecule has 4 aromatic carbocycles. The minimum absolute atomic E-state index is 0.00257. The van der Waals surface area contributed by atoms with Crippen molar-refractivity contribution in [1.82, 2.24) is 20.2 Å². The van der Waals surface area contributed by atoms with Gasteiger partial charge in [0.05, 0.1) is 22.1 Å². The number of rotatable bonds is 10. The first-order valence-corrected chi connectivity index (χ1v) is 16.5. The number of fused-ring (bicyclic) bond motifs is 3. The van der Waals surface area contributed by atoms with Gasteiger partial charge in [0.25, 0.3) is 12.1 Å². The normalized spacial score (nSPS) is 13.7. The molecule has 0 saturated carbocycles. The lowest BCUT2D eigenvalue weighted by molar-refractivity contribution is -0.137. The van der Waals surface area contributed by atoms with E-state index >= 15 is 0 Å². The second-order valence-electron chi connectivity index (χ2n) is 11.6. The molecule has 1 aliphatic rings. The van der Waals surface area contributed by atoms with Crippen LogP contribution in [0.25, 0.3) is 21.8 Å². The van der Waals surface area contributed by atoms with Gasteiger partial charge in [-0.1, -0.05) is 53.5 Å². The predicted octanol–water partition coefficient (Wildman–Crippen LogP) is 7.75. The van der Waals surface area contributed by atoms with Crippen molar-refractivity contribution in [3.63, 3.8) is 0 Å². The zero-order valence-electron chi connectivity index (χ0n) is 26.9. The first-order valence-electron chi connectivity index (χ1n) is 15.7. The minimum Gasteiger partial charge on any atom is -0.505 e. The van der Waals surface area contributed by atoms with E-state index in [0.717, 1.165) is 4.90 Å². The van der Waals surface area contributed by atoms with E-state index in [1.54, 1.807) is 72.8 Å². The number of ether oxygens (including phenoxy) is 3. The number of carboxylic acid groups (broad SMARTS) is 1. The van der Waals surface area contributed by atoms with Crippen LogP contribution in [0.3, 0.4) is 0 Å². The third-order valence-electron chi connectivity index (χ3n) is 8.53. The quantitative estimate of drug-likeness (QED) is 0.0807. The maximum Gasteiger partial charge on any atom is 0.411 e. The molecule has 7 rings (SSSR count). The second-order valence-corrected chi connectivity index (χ2v) is 12.4. The summed E-state index contributed by atoms with van der Waals surface area (Å²) in [6, 6.07) is 19.8. The zero-order chi connectivity index (χ0) is 36.5. The van der Waals surface area contributed by atoms with Gasteiger partial charge in [-0.3, -0.25) is 19.7 Å². The highest BCUT2D eigenvalue weighted by Gasteiger charge is 2.42. The number of para-hydroxylation sites is 1. The maximum absolute atomic E-state index is 14.5. The van der Waals surface area contributed by atoms with Crippen LogP contribution in [0.4, 0.5) is 4.79 Å². The largest absolute Gasteiger partial charge is 0.505 e. The summed E-state index contributed by atoms with van der Waals surface area (Å²) in [7, 11) is 0. The van der Waals surface area contributed by atoms with Gasteiger partial charge in [0.2, 0.25) is 6.79 Å². The molecule has 3 unspecified atom stereocenters. The summed E-state index contributed by atoms with van der Waals surface area (Å²) in [5.74, 6) is -0.716. The van der Waals surface area contributed by atoms with Crippen LogP contribution in [0.1, 0.15) is 28.8 Å². The molecule has 3 heterocycles. The third kappa shape index (κ3) is 6.29. The van der Waals surface area contributed by atoms with Crippen molar-refractivity contribution in [3.8, 4) is 28.7 Å². The average Bonchev–Trinajstić information content (AvgIpc) is 3.64. The van der Waals surface area contributed by atoms with E-state index in [0.29, 0.717) is 22.3 Å². The van der Waals surface area contributed by atoms with Crippen LogP contribution in [0.5, 0.6) is 28.7 Å². The number of carbonyl (C=O) groups excluding carboxylic acids is 1. The Labute approximate surface area is 306 Å². The minimum atomic E-state index is -1.94. The number of benzene rings is 4. The van der Waals surface area contributed by atoms with E-state index in [9.17, 15) is 24.9 Å². The number of nitrogens with zero attached hydrogens (tertiary/aromatic N) is 3. The Morgan fingerprint density at radius 2 is 1.46 bits per heavy atom. The fourth-order valence-electron chi connectivity index (χ4n) is 6.13. The molecule has 0 aliphatic carbocycles. The van der Waals surface area contributed by atoms with Crippen molar-refractivity contribution in [2.45, 2.75) is 18.3 Å². The van der Waals surface area contributed by atoms with Gasteiger partial charge in [-0.25, -0.2) is 4.79 Å². The predicted molar refractivity (Wildman–Crippen MR) is 193 cm³/mol. The van der Waals surface area contributed by atoms with Crippen molar-refractivity contribution in [3.05, 3.63) is 137 Å². The Morgan fingerprint density at radius 1 is 0.846 bits per heavy atom. The van der Waals surface area contributed by atoms with Gasteiger partial charge in [0.15, 0.2) is 11.5 Å². The second kappa shape index (κ2) is 14.2. The molecule has 0 saturated heterocycles. The number of carbonyl (C=O) groups is 2. The molecule has 0 fully saturated rings. The van der Waals surface area contributed by atoms with E-state index in [4.69, 9.17) is 37.4 Å². The van der Waals surface area contributed by atoms with Gasteiger partial charge in [-0.2, -0.15) is 0 Å². The number of hydrogen-bond donors (Lipinski definition) is 4. The summed E-state index contributed by atoms with van der Waals surface area (Å²) in [6.45, 7) is 3.78. The molecule has 0 spiro atoms. The molecule has 12 nitrogen and oxygen atoms in total. The Bertz CT molecular complexity index is 2360. The number of phenols is 2. The number of phenolic OH excluding ortho intramolecular Hbond substituents is 2. The molecule has 1 aliphatic heterocycles. The molecule has 3 atom stereocenters. The summed E-state index contributed by atoms with van der Waals surface area (Å²) in [4.78, 5) is 37.4. The van der Waals surface area contributed by atoms with Crippen molar-refractivity contribution < 1.29 is 39.1 Å². The smallest absolute Gasteiger partial charge is 0.411 e. The fourth-order valence-corrected chi connectivity index (χ4v) is 6.67. The average molecular weight is 740 g/mol. The van der Waals surface area contributed by atoms with E-state index in [-0.39, 0.29) is 61.8 Å². The SMILES string of the molecule is C=CC(NC(=O)C(Oc1ccccc1)N(C(=O)O)C(c1ccc2c(c1)OCO2)c1cc(Cl)c2cccnc2c1O)c1cc(Cl)c2cccnc2c1O. The van der Waals surface area contributed by atoms with Crippen LogP contribution in [0, 0.1) is 0 Å². The van der Waals surface area contributed by atoms with Crippen LogP contribution in [-0.2, 0) is 4.79 Å². The lowest BCUT2D eigenvalue weighted by atomic mass is 9.94. The van der Waals surface area contributed by atoms with Gasteiger partial charge in [-0.15, -0.1) is 6.58 Å². The monoisotopic (exact) mass is 738 g/mol. The standard InChI is InChI=1S/C38H28Cl2N4O8/c1-2-28(24-17-26(39)22-10-6-14-41-31(22)34(24)45)43-36(47)37(52-21-8-4-3-5-9-21)44(38(48)49)33(20-12-13-29-30(16-20)51-19-50-29)25-18-27(40)23-11-7-15-42-32(23)35(25)46/h2-18,28,33,37,45-46H,1,19H2,(H,43,47)(H,48,49). The Morgan fingerprint density at radius 3 is 2.10 bits per heavy atom. The molecular formula is C38H28Cl2N4O8. The number of aromatic nitrogens is 2. The lowest BCUT2D eigenvalue weighted by Crippen LogP contribution is -2.54. The highest BCUT2D eigenvalue weighted by Crippen LogP contribution is 2.45. The molecule has 6 aromatic rings. The number of amides is 2. The van der Waals surface area contributed by atoms with Gasteiger partial charge in [-0.05, 0) is 66.2 Å². The van der Waals surface area contributed by atoms with Crippen LogP contribution in [0.2, 0.25) is 10.0 Å². The van der Waals surface area contributed by atoms with Gasteiger partial charge in [0, 0.05) is 34.3 Å². The summed E-state index contributed by atoms with van der Waals surface area (Å²) < 4.78 is 17.3. The van der Waals surface area contributed by atoms with Crippen LogP contribution >= 0.6 is 23.2 Å². The Kier molecular flexibility index (Phi) is 9.33. The first-order chi connectivity index (χ1) is 25.2. The molecule has 2 amide bonds. The van der Waals surface area contributed by atoms with Crippen molar-refractivity contribution >= 4 is 57.0 Å². The molecule has 14 heteroatoms. The van der Waals surface area contributed by atoms with E-state index in [1.165, 1.54) is 30.6 Å². The summed E-state index contributed by atoms with van der Waals surface area (Å²) in [5.41, 5.74) is 0.716. The van der Waals surface area contributed by atoms with Crippen molar-refractivity contribution in [2.75, 3.05) is 6.79 Å². The van der Waals surface area contributed by atoms with Gasteiger partial charge < -0.3 is 34.8 Å². The lowest BCUT2D eigenvalue weighted by Gasteiger charge is -2.36. The number of hydrogen-bond acceptors (Lipinski definition) is 9. The summed E-state index contributed by atoms with van der Waals surface area (Å²) in [6.07, 6.45) is 0.746. The van der Waals surface area contributed by atoms with Crippen molar-refractivity contribution in [1.29, 1.82) is 0 Å². The van der Waals surface area contributed by atoms with Crippen LogP contribution in [0.15, 0.2) is 110 Å². The van der Waals surface area contributed by atoms with Gasteiger partial charge in [0.1, 0.15) is 28.3 Å². The Balaban J connectivity index is 1.39. The number of halogens is 2. The molecule has 262 valence electrons. The van der Waals surface area contributed by atoms with Crippen molar-refractivity contribution in [2.24, 2.45) is 0 Å². The number of pyridine rings is 2. The van der Waals surface area contributed by atoms with E-state index in [2.05, 4.69) is 21.9 Å². The highest BCUT2D eigenvalue weighted by atomic mass is 35.5. The highest BCUT2D eigenvalue weighted by molar-refractivity contribution is 6.36. The molecule has 52 heavy (non-hydrogen) atoms. The number of aromatic hydroxyl groups is 2. The number of nitrogens with one attached hydrogen (secondary N) is 1. The fraction of sp³-hybridized carbons (Fsp3) is 0.105. The topological polar surface area (TPSA) is 164 Å². The molecule has 0 radical (unpaired) electrons. The zero-order valence-corrected chi connectivity index (χ0v) is 28.5. The Hall–Kier alpha value is -6.24. The molecule has 4 N–H and O–H groups in total.